The molecule has 8 heteroatoms. The van der Waals surface area contributed by atoms with Crippen molar-refractivity contribution in [3.63, 3.8) is 0 Å². The van der Waals surface area contributed by atoms with E-state index in [1.54, 1.807) is 0 Å². The van der Waals surface area contributed by atoms with E-state index < -0.39 is 42.4 Å². The molecule has 2 heterocycles. The van der Waals surface area contributed by atoms with Gasteiger partial charge in [0.15, 0.2) is 12.2 Å². The second-order valence-corrected chi connectivity index (χ2v) is 6.28. The van der Waals surface area contributed by atoms with Crippen LogP contribution in [0.5, 0.6) is 0 Å². The molecule has 2 aliphatic rings. The van der Waals surface area contributed by atoms with E-state index in [0.29, 0.717) is 0 Å². The maximum atomic E-state index is 12.0. The lowest BCUT2D eigenvalue weighted by atomic mass is 9.94. The summed E-state index contributed by atoms with van der Waals surface area (Å²) < 4.78 is 21.8. The van der Waals surface area contributed by atoms with Crippen molar-refractivity contribution in [2.24, 2.45) is 0 Å². The molecule has 140 valence electrons. The third-order valence-corrected chi connectivity index (χ3v) is 4.37. The highest BCUT2D eigenvalue weighted by atomic mass is 16.6. The van der Waals surface area contributed by atoms with Gasteiger partial charge in [-0.25, -0.2) is 4.79 Å². The summed E-state index contributed by atoms with van der Waals surface area (Å²) in [6.45, 7) is 3.07. The molecule has 0 bridgehead atoms. The van der Waals surface area contributed by atoms with E-state index in [2.05, 4.69) is 0 Å². The zero-order chi connectivity index (χ0) is 18.7. The number of rotatable bonds is 5. The molecule has 0 saturated carbocycles. The van der Waals surface area contributed by atoms with Crippen molar-refractivity contribution in [2.45, 2.75) is 44.8 Å². The van der Waals surface area contributed by atoms with Gasteiger partial charge in [-0.1, -0.05) is 30.3 Å². The summed E-state index contributed by atoms with van der Waals surface area (Å²) in [7, 11) is 0. The molecule has 4 atom stereocenters. The summed E-state index contributed by atoms with van der Waals surface area (Å²) in [5.74, 6) is -1.05. The van der Waals surface area contributed by atoms with Gasteiger partial charge in [0.2, 0.25) is 0 Å². The highest BCUT2D eigenvalue weighted by molar-refractivity contribution is 5.72. The maximum absolute atomic E-state index is 12.0. The van der Waals surface area contributed by atoms with Crippen molar-refractivity contribution in [3.8, 4) is 0 Å². The quantitative estimate of drug-likeness (QED) is 0.575. The Hall–Kier alpha value is -2.61. The number of nitrogens with zero attached hydrogens (tertiary/aromatic N) is 1. The first-order valence-corrected chi connectivity index (χ1v) is 8.39. The molecule has 1 aromatic rings. The van der Waals surface area contributed by atoms with E-state index >= 15 is 0 Å². The fraction of sp³-hybridized carbons (Fsp3) is 0.500. The Balaban J connectivity index is 1.82. The summed E-state index contributed by atoms with van der Waals surface area (Å²) in [6, 6.07) is 8.97. The molecule has 2 fully saturated rings. The minimum Gasteiger partial charge on any atom is -0.456 e. The third kappa shape index (κ3) is 3.96. The van der Waals surface area contributed by atoms with Crippen molar-refractivity contribution >= 4 is 18.0 Å². The lowest BCUT2D eigenvalue weighted by molar-refractivity contribution is -0.196. The molecule has 2 aliphatic heterocycles. The number of fused-ring (bicyclic) bond motifs is 1. The summed E-state index contributed by atoms with van der Waals surface area (Å²) >= 11 is 0. The normalized spacial score (nSPS) is 27.5. The fourth-order valence-electron chi connectivity index (χ4n) is 3.27. The number of amides is 1. The van der Waals surface area contributed by atoms with Crippen LogP contribution in [0.25, 0.3) is 0 Å². The zero-order valence-corrected chi connectivity index (χ0v) is 14.6. The summed E-state index contributed by atoms with van der Waals surface area (Å²) in [6.07, 6.45) is -2.82. The Kier molecular flexibility index (Phi) is 5.41. The Morgan fingerprint density at radius 3 is 2.42 bits per heavy atom. The third-order valence-electron chi connectivity index (χ3n) is 4.37. The van der Waals surface area contributed by atoms with E-state index in [1.807, 2.05) is 30.3 Å². The summed E-state index contributed by atoms with van der Waals surface area (Å²) in [4.78, 5) is 36.6. The maximum Gasteiger partial charge on any atom is 0.410 e. The molecule has 0 unspecified atom stereocenters. The predicted octanol–water partition coefficient (Wildman–Crippen LogP) is 1.27. The highest BCUT2D eigenvalue weighted by Gasteiger charge is 2.53. The second kappa shape index (κ2) is 7.74. The number of cyclic esters (lactones) is 1. The first kappa shape index (κ1) is 18.2. The van der Waals surface area contributed by atoms with Crippen molar-refractivity contribution in [1.82, 2.24) is 4.90 Å². The fourth-order valence-corrected chi connectivity index (χ4v) is 3.27. The number of hydrogen-bond donors (Lipinski definition) is 0. The van der Waals surface area contributed by atoms with Crippen LogP contribution in [0.3, 0.4) is 0 Å². The standard InChI is InChI=1S/C18H21NO7/c1-11(20)25-16-14-10-24-18(22)19(14)8-15(17(16)26-12(2)21)23-9-13-6-4-3-5-7-13/h3-7,14-17H,8-10H2,1-2H3/t14-,15+,16-,17+/m0/s1. The average Bonchev–Trinajstić information content (AvgIpc) is 2.96. The van der Waals surface area contributed by atoms with E-state index in [4.69, 9.17) is 18.9 Å². The van der Waals surface area contributed by atoms with Crippen LogP contribution in [-0.2, 0) is 35.1 Å². The number of benzene rings is 1. The number of piperidine rings is 1. The SMILES string of the molecule is CC(=O)O[C@@H]1[C@H](OC(C)=O)[C@H](OCc2ccccc2)CN2C(=O)OC[C@@H]12. The number of ether oxygens (including phenoxy) is 4. The molecular weight excluding hydrogens is 342 g/mol. The van der Waals surface area contributed by atoms with Gasteiger partial charge >= 0.3 is 18.0 Å². The van der Waals surface area contributed by atoms with Crippen LogP contribution in [0.1, 0.15) is 19.4 Å². The second-order valence-electron chi connectivity index (χ2n) is 6.28. The first-order valence-electron chi connectivity index (χ1n) is 8.39. The van der Waals surface area contributed by atoms with Crippen molar-refractivity contribution in [3.05, 3.63) is 35.9 Å². The van der Waals surface area contributed by atoms with E-state index in [0.717, 1.165) is 5.56 Å². The van der Waals surface area contributed by atoms with Crippen LogP contribution in [0.15, 0.2) is 30.3 Å². The molecule has 2 saturated heterocycles. The molecule has 0 radical (unpaired) electrons. The van der Waals surface area contributed by atoms with Crippen LogP contribution in [0, 0.1) is 0 Å². The highest BCUT2D eigenvalue weighted by Crippen LogP contribution is 2.30. The molecule has 0 N–H and O–H groups in total. The molecule has 3 rings (SSSR count). The monoisotopic (exact) mass is 363 g/mol. The van der Waals surface area contributed by atoms with Crippen LogP contribution in [0.2, 0.25) is 0 Å². The molecule has 1 amide bonds. The van der Waals surface area contributed by atoms with Gasteiger partial charge in [-0.3, -0.25) is 14.5 Å². The lowest BCUT2D eigenvalue weighted by Crippen LogP contribution is -2.63. The van der Waals surface area contributed by atoms with Gasteiger partial charge in [-0.05, 0) is 5.56 Å². The predicted molar refractivity (Wildman–Crippen MR) is 88.0 cm³/mol. The van der Waals surface area contributed by atoms with Gasteiger partial charge in [0.1, 0.15) is 18.8 Å². The van der Waals surface area contributed by atoms with Crippen molar-refractivity contribution < 1.29 is 33.3 Å². The minimum atomic E-state index is -0.850. The van der Waals surface area contributed by atoms with Gasteiger partial charge in [0.05, 0.1) is 13.2 Å². The number of hydrogen-bond acceptors (Lipinski definition) is 7. The Labute approximate surface area is 150 Å². The number of esters is 2. The van der Waals surface area contributed by atoms with Gasteiger partial charge in [0.25, 0.3) is 0 Å². The average molecular weight is 363 g/mol. The number of carbonyl (C=O) groups is 3. The molecule has 1 aromatic carbocycles. The Morgan fingerprint density at radius 1 is 1.12 bits per heavy atom. The van der Waals surface area contributed by atoms with E-state index in [9.17, 15) is 14.4 Å². The first-order chi connectivity index (χ1) is 12.5. The van der Waals surface area contributed by atoms with Crippen LogP contribution in [-0.4, -0.2) is 60.4 Å². The molecule has 0 aromatic heterocycles. The Morgan fingerprint density at radius 2 is 1.77 bits per heavy atom. The summed E-state index contributed by atoms with van der Waals surface area (Å²) in [5, 5.41) is 0. The summed E-state index contributed by atoms with van der Waals surface area (Å²) in [5.41, 5.74) is 0.934. The number of carbonyl (C=O) groups excluding carboxylic acids is 3. The zero-order valence-electron chi connectivity index (χ0n) is 14.6. The molecule has 0 aliphatic carbocycles. The topological polar surface area (TPSA) is 91.4 Å². The van der Waals surface area contributed by atoms with Crippen LogP contribution in [0.4, 0.5) is 4.79 Å². The minimum absolute atomic E-state index is 0.0694. The van der Waals surface area contributed by atoms with Crippen LogP contribution >= 0.6 is 0 Å². The molecule has 26 heavy (non-hydrogen) atoms. The lowest BCUT2D eigenvalue weighted by Gasteiger charge is -2.42. The van der Waals surface area contributed by atoms with Gasteiger partial charge in [0, 0.05) is 13.8 Å². The van der Waals surface area contributed by atoms with E-state index in [1.165, 1.54) is 18.7 Å². The molecule has 0 spiro atoms. The molecule has 8 nitrogen and oxygen atoms in total. The van der Waals surface area contributed by atoms with E-state index in [-0.39, 0.29) is 19.8 Å². The van der Waals surface area contributed by atoms with Crippen molar-refractivity contribution in [1.29, 1.82) is 0 Å². The Bertz CT molecular complexity index is 677. The van der Waals surface area contributed by atoms with Crippen LogP contribution < -0.4 is 0 Å². The van der Waals surface area contributed by atoms with Gasteiger partial charge in [-0.2, -0.15) is 0 Å². The van der Waals surface area contributed by atoms with Gasteiger partial charge < -0.3 is 18.9 Å². The largest absolute Gasteiger partial charge is 0.456 e. The molecular formula is C18H21NO7. The van der Waals surface area contributed by atoms with Gasteiger partial charge in [-0.15, -0.1) is 0 Å². The van der Waals surface area contributed by atoms with Crippen molar-refractivity contribution in [2.75, 3.05) is 13.2 Å². The smallest absolute Gasteiger partial charge is 0.410 e.